The van der Waals surface area contributed by atoms with Gasteiger partial charge in [0.1, 0.15) is 11.9 Å². The Morgan fingerprint density at radius 3 is 2.27 bits per heavy atom. The molecule has 196 valence electrons. The van der Waals surface area contributed by atoms with Crippen molar-refractivity contribution >= 4 is 35.2 Å². The van der Waals surface area contributed by atoms with Gasteiger partial charge in [-0.25, -0.2) is 4.39 Å². The lowest BCUT2D eigenvalue weighted by Gasteiger charge is -2.34. The van der Waals surface area contributed by atoms with E-state index in [4.69, 9.17) is 11.6 Å². The van der Waals surface area contributed by atoms with Crippen LogP contribution < -0.4 is 5.32 Å². The quantitative estimate of drug-likeness (QED) is 0.316. The highest BCUT2D eigenvalue weighted by atomic mass is 35.5. The van der Waals surface area contributed by atoms with Crippen LogP contribution in [0.3, 0.4) is 0 Å². The Morgan fingerprint density at radius 1 is 0.973 bits per heavy atom. The number of nitrogens with zero attached hydrogens (tertiary/aromatic N) is 1. The fourth-order valence-corrected chi connectivity index (χ4v) is 5.14. The molecule has 37 heavy (non-hydrogen) atoms. The number of rotatable bonds is 10. The molecule has 0 bridgehead atoms. The predicted octanol–water partition coefficient (Wildman–Crippen LogP) is 6.58. The van der Waals surface area contributed by atoms with Gasteiger partial charge < -0.3 is 10.2 Å². The molecule has 3 aromatic carbocycles. The molecular weight excluding hydrogens is 507 g/mol. The van der Waals surface area contributed by atoms with Crippen molar-refractivity contribution in [2.75, 3.05) is 5.75 Å². The van der Waals surface area contributed by atoms with Crippen LogP contribution in [0.25, 0.3) is 0 Å². The van der Waals surface area contributed by atoms with Crippen molar-refractivity contribution in [2.45, 2.75) is 58.0 Å². The average molecular weight is 541 g/mol. The molecule has 0 aliphatic rings. The van der Waals surface area contributed by atoms with Crippen molar-refractivity contribution < 1.29 is 14.0 Å². The first-order valence-electron chi connectivity index (χ1n) is 12.2. The van der Waals surface area contributed by atoms with Gasteiger partial charge in [0.25, 0.3) is 0 Å². The number of aryl methyl sites for hydroxylation is 1. The van der Waals surface area contributed by atoms with Crippen LogP contribution in [0.15, 0.2) is 72.8 Å². The van der Waals surface area contributed by atoms with Crippen molar-refractivity contribution in [1.29, 1.82) is 0 Å². The van der Waals surface area contributed by atoms with Gasteiger partial charge in [0.2, 0.25) is 11.8 Å². The van der Waals surface area contributed by atoms with Crippen LogP contribution >= 0.6 is 23.4 Å². The van der Waals surface area contributed by atoms with Crippen LogP contribution in [0.4, 0.5) is 4.39 Å². The Balaban J connectivity index is 1.88. The van der Waals surface area contributed by atoms with E-state index in [1.165, 1.54) is 17.8 Å². The summed E-state index contributed by atoms with van der Waals surface area (Å²) in [5.41, 5.74) is 2.93. The van der Waals surface area contributed by atoms with Gasteiger partial charge in [-0.3, -0.25) is 9.59 Å². The molecule has 0 aliphatic carbocycles. The van der Waals surface area contributed by atoms with Gasteiger partial charge in [-0.15, -0.1) is 11.8 Å². The van der Waals surface area contributed by atoms with Crippen LogP contribution in [-0.4, -0.2) is 34.0 Å². The molecule has 0 saturated heterocycles. The minimum Gasteiger partial charge on any atom is -0.350 e. The summed E-state index contributed by atoms with van der Waals surface area (Å²) in [6.45, 7) is 8.06. The number of amides is 2. The van der Waals surface area contributed by atoms with Crippen molar-refractivity contribution in [2.24, 2.45) is 0 Å². The number of carbonyl (C=O) groups is 2. The van der Waals surface area contributed by atoms with Crippen LogP contribution in [0, 0.1) is 12.7 Å². The molecule has 1 atom stereocenters. The summed E-state index contributed by atoms with van der Waals surface area (Å²) in [5.74, 6) is -0.449. The predicted molar refractivity (Wildman–Crippen MR) is 151 cm³/mol. The zero-order valence-corrected chi connectivity index (χ0v) is 23.3. The average Bonchev–Trinajstić information content (AvgIpc) is 2.83. The van der Waals surface area contributed by atoms with Gasteiger partial charge in [-0.2, -0.15) is 0 Å². The number of thioether (sulfide) groups is 1. The van der Waals surface area contributed by atoms with Gasteiger partial charge in [0.05, 0.1) is 5.75 Å². The molecule has 4 nitrogen and oxygen atoms in total. The summed E-state index contributed by atoms with van der Waals surface area (Å²) in [7, 11) is 0. The maximum Gasteiger partial charge on any atom is 0.243 e. The summed E-state index contributed by atoms with van der Waals surface area (Å²) >= 11 is 7.45. The second-order valence-electron chi connectivity index (χ2n) is 10.1. The monoisotopic (exact) mass is 540 g/mol. The second-order valence-corrected chi connectivity index (χ2v) is 11.5. The minimum atomic E-state index is -0.715. The summed E-state index contributed by atoms with van der Waals surface area (Å²) < 4.78 is 14.2. The molecule has 1 N–H and O–H groups in total. The lowest BCUT2D eigenvalue weighted by atomic mass is 10.0. The zero-order valence-electron chi connectivity index (χ0n) is 21.8. The molecule has 0 unspecified atom stereocenters. The van der Waals surface area contributed by atoms with E-state index in [1.807, 2.05) is 82.3 Å². The Bertz CT molecular complexity index is 1180. The van der Waals surface area contributed by atoms with Crippen molar-refractivity contribution in [1.82, 2.24) is 10.2 Å². The van der Waals surface area contributed by atoms with Gasteiger partial charge in [-0.05, 0) is 51.0 Å². The van der Waals surface area contributed by atoms with E-state index in [9.17, 15) is 14.0 Å². The molecule has 0 spiro atoms. The highest BCUT2D eigenvalue weighted by molar-refractivity contribution is 7.99. The number of nitrogens with one attached hydrogen (secondary N) is 1. The molecule has 0 aliphatic heterocycles. The second kappa shape index (κ2) is 13.1. The maximum atomic E-state index is 14.2. The largest absolute Gasteiger partial charge is 0.350 e. The summed E-state index contributed by atoms with van der Waals surface area (Å²) in [4.78, 5) is 28.9. The first kappa shape index (κ1) is 28.7. The molecule has 3 rings (SSSR count). The van der Waals surface area contributed by atoms with E-state index >= 15 is 0 Å². The SMILES string of the molecule is Cc1ccc(CN(C(=O)CSCc2c(F)cccc2Cl)[C@H](Cc2ccccc2)C(=O)NC(C)(C)C)cc1. The summed E-state index contributed by atoms with van der Waals surface area (Å²) in [6.07, 6.45) is 0.379. The third-order valence-corrected chi connectivity index (χ3v) is 7.07. The molecule has 0 fully saturated rings. The van der Waals surface area contributed by atoms with Crippen molar-refractivity contribution in [3.63, 3.8) is 0 Å². The summed E-state index contributed by atoms with van der Waals surface area (Å²) in [6, 6.07) is 21.5. The normalized spacial score (nSPS) is 12.2. The first-order chi connectivity index (χ1) is 17.5. The van der Waals surface area contributed by atoms with E-state index in [0.29, 0.717) is 17.0 Å². The third-order valence-electron chi connectivity index (χ3n) is 5.78. The molecule has 3 aromatic rings. The van der Waals surface area contributed by atoms with Gasteiger partial charge in [0, 0.05) is 34.8 Å². The number of carbonyl (C=O) groups excluding carboxylic acids is 2. The van der Waals surface area contributed by atoms with Crippen LogP contribution in [-0.2, 0) is 28.3 Å². The Hall–Kier alpha value is -2.83. The van der Waals surface area contributed by atoms with Crippen molar-refractivity contribution in [3.8, 4) is 0 Å². The van der Waals surface area contributed by atoms with Crippen LogP contribution in [0.2, 0.25) is 5.02 Å². The topological polar surface area (TPSA) is 49.4 Å². The van der Waals surface area contributed by atoms with Gasteiger partial charge in [0.15, 0.2) is 0 Å². The lowest BCUT2D eigenvalue weighted by Crippen LogP contribution is -2.54. The van der Waals surface area contributed by atoms with Crippen molar-refractivity contribution in [3.05, 3.63) is 106 Å². The molecule has 0 radical (unpaired) electrons. The van der Waals surface area contributed by atoms with E-state index in [0.717, 1.165) is 16.7 Å². The smallest absolute Gasteiger partial charge is 0.243 e. The number of halogens is 2. The number of hydrogen-bond donors (Lipinski definition) is 1. The standard InChI is InChI=1S/C30H34ClFN2O2S/c1-21-13-15-23(16-14-21)18-34(28(35)20-37-19-24-25(31)11-8-12-26(24)32)27(29(36)33-30(2,3)4)17-22-9-6-5-7-10-22/h5-16,27H,17-20H2,1-4H3,(H,33,36)/t27-/m1/s1. The van der Waals surface area contributed by atoms with Crippen LogP contribution in [0.1, 0.15) is 43.0 Å². The molecule has 7 heteroatoms. The molecular formula is C30H34ClFN2O2S. The lowest BCUT2D eigenvalue weighted by molar-refractivity contribution is -0.140. The highest BCUT2D eigenvalue weighted by Crippen LogP contribution is 2.25. The molecule has 2 amide bonds. The molecule has 0 saturated carbocycles. The Labute approximate surface area is 228 Å². The third kappa shape index (κ3) is 8.90. The van der Waals surface area contributed by atoms with E-state index in [1.54, 1.807) is 17.0 Å². The first-order valence-corrected chi connectivity index (χ1v) is 13.8. The van der Waals surface area contributed by atoms with E-state index in [-0.39, 0.29) is 29.9 Å². The van der Waals surface area contributed by atoms with Crippen LogP contribution in [0.5, 0.6) is 0 Å². The fraction of sp³-hybridized carbons (Fsp3) is 0.333. The van der Waals surface area contributed by atoms with Gasteiger partial charge in [-0.1, -0.05) is 77.8 Å². The van der Waals surface area contributed by atoms with E-state index in [2.05, 4.69) is 5.32 Å². The number of hydrogen-bond acceptors (Lipinski definition) is 3. The highest BCUT2D eigenvalue weighted by Gasteiger charge is 2.32. The molecule has 0 heterocycles. The fourth-order valence-electron chi connectivity index (χ4n) is 3.89. The Kier molecular flexibility index (Phi) is 10.2. The van der Waals surface area contributed by atoms with Gasteiger partial charge >= 0.3 is 0 Å². The minimum absolute atomic E-state index is 0.0879. The zero-order chi connectivity index (χ0) is 27.0. The summed E-state index contributed by atoms with van der Waals surface area (Å²) in [5, 5.41) is 3.40. The maximum absolute atomic E-state index is 14.2. The van der Waals surface area contributed by atoms with E-state index < -0.39 is 17.4 Å². The Morgan fingerprint density at radius 2 is 1.65 bits per heavy atom. The molecule has 0 aromatic heterocycles. The number of benzene rings is 3.